The number of Topliss-reactive ketones (excluding diaryl/α,β-unsaturated/α-hetero) is 1. The molecule has 0 bridgehead atoms. The first kappa shape index (κ1) is 25.8. The van der Waals surface area contributed by atoms with Crippen molar-refractivity contribution in [1.82, 2.24) is 0 Å². The summed E-state index contributed by atoms with van der Waals surface area (Å²) in [5, 5.41) is 0. The molecule has 0 aliphatic carbocycles. The smallest absolute Gasteiger partial charge is 0.303 e. The van der Waals surface area contributed by atoms with E-state index < -0.39 is 54.6 Å². The fraction of sp³-hybridized carbons (Fsp3) is 0.500. The lowest BCUT2D eigenvalue weighted by molar-refractivity contribution is -0.288. The van der Waals surface area contributed by atoms with E-state index in [1.807, 2.05) is 0 Å². The van der Waals surface area contributed by atoms with Gasteiger partial charge in [-0.2, -0.15) is 0 Å². The van der Waals surface area contributed by atoms with E-state index in [0.717, 1.165) is 20.8 Å². The summed E-state index contributed by atoms with van der Waals surface area (Å²) in [4.78, 5) is 58.2. The van der Waals surface area contributed by atoms with Gasteiger partial charge in [0.25, 0.3) is 0 Å². The molecule has 0 radical (unpaired) electrons. The second kappa shape index (κ2) is 11.4. The predicted molar refractivity (Wildman–Crippen MR) is 109 cm³/mol. The lowest BCUT2D eigenvalue weighted by atomic mass is 9.98. The van der Waals surface area contributed by atoms with Crippen molar-refractivity contribution in [3.05, 3.63) is 29.8 Å². The summed E-state index contributed by atoms with van der Waals surface area (Å²) >= 11 is 0. The molecule has 0 unspecified atom stereocenters. The van der Waals surface area contributed by atoms with Gasteiger partial charge in [0.2, 0.25) is 12.4 Å². The van der Waals surface area contributed by atoms with Crippen LogP contribution in [0.4, 0.5) is 0 Å². The average molecular weight is 466 g/mol. The van der Waals surface area contributed by atoms with Crippen molar-refractivity contribution < 1.29 is 52.4 Å². The summed E-state index contributed by atoms with van der Waals surface area (Å²) in [6.45, 7) is 5.63. The van der Waals surface area contributed by atoms with Gasteiger partial charge in [-0.3, -0.25) is 24.0 Å². The molecule has 180 valence electrons. The molecule has 1 heterocycles. The summed E-state index contributed by atoms with van der Waals surface area (Å²) < 4.78 is 32.6. The number of esters is 4. The topological polar surface area (TPSA) is 141 Å². The monoisotopic (exact) mass is 466 g/mol. The highest BCUT2D eigenvalue weighted by atomic mass is 16.7. The van der Waals surface area contributed by atoms with Gasteiger partial charge in [-0.05, 0) is 31.2 Å². The standard InChI is InChI=1S/C22H26O11/c1-11(23)16-6-8-17(9-7-16)32-22-21(31-15(5)27)20(30-14(4)26)19(29-13(3)25)18(33-22)10-28-12(2)24/h6-9,18-22H,10H2,1-5H3/t18-,19-,20+,21+,22-/m1/s1. The van der Waals surface area contributed by atoms with E-state index in [4.69, 9.17) is 28.4 Å². The Bertz CT molecular complexity index is 892. The minimum atomic E-state index is -1.34. The fourth-order valence-electron chi connectivity index (χ4n) is 3.19. The van der Waals surface area contributed by atoms with Gasteiger partial charge < -0.3 is 28.4 Å². The van der Waals surface area contributed by atoms with Crippen LogP contribution >= 0.6 is 0 Å². The number of ketones is 1. The number of ether oxygens (including phenoxy) is 6. The van der Waals surface area contributed by atoms with Crippen LogP contribution in [0, 0.1) is 0 Å². The van der Waals surface area contributed by atoms with Gasteiger partial charge in [-0.1, -0.05) is 0 Å². The molecule has 0 amide bonds. The maximum absolute atomic E-state index is 11.8. The molecule has 0 saturated carbocycles. The normalized spacial score (nSPS) is 24.2. The SMILES string of the molecule is CC(=O)OC[C@H]1O[C@@H](Oc2ccc(C(C)=O)cc2)[C@@H](OC(C)=O)[C@@H](OC(C)=O)[C@@H]1OC(C)=O. The molecule has 0 aromatic heterocycles. The van der Waals surface area contributed by atoms with Gasteiger partial charge in [-0.25, -0.2) is 0 Å². The van der Waals surface area contributed by atoms with Crippen LogP contribution < -0.4 is 4.74 Å². The second-order valence-corrected chi connectivity index (χ2v) is 7.27. The summed E-state index contributed by atoms with van der Waals surface area (Å²) in [5.41, 5.74) is 0.448. The number of rotatable bonds is 8. The molecule has 1 aromatic carbocycles. The largest absolute Gasteiger partial charge is 0.463 e. The molecule has 1 aromatic rings. The molecule has 5 atom stereocenters. The number of carbonyl (C=O) groups is 5. The van der Waals surface area contributed by atoms with Crippen molar-refractivity contribution in [3.8, 4) is 5.75 Å². The first-order valence-electron chi connectivity index (χ1n) is 10.1. The molecular weight excluding hydrogens is 440 g/mol. The van der Waals surface area contributed by atoms with Crippen molar-refractivity contribution in [2.24, 2.45) is 0 Å². The number of hydrogen-bond donors (Lipinski definition) is 0. The third kappa shape index (κ3) is 7.56. The Morgan fingerprint density at radius 2 is 1.24 bits per heavy atom. The van der Waals surface area contributed by atoms with E-state index in [9.17, 15) is 24.0 Å². The Morgan fingerprint density at radius 3 is 1.73 bits per heavy atom. The molecule has 1 saturated heterocycles. The summed E-state index contributed by atoms with van der Waals surface area (Å²) in [6.07, 6.45) is -6.39. The van der Waals surface area contributed by atoms with Crippen molar-refractivity contribution in [2.75, 3.05) is 6.61 Å². The Hall–Kier alpha value is -3.47. The van der Waals surface area contributed by atoms with E-state index >= 15 is 0 Å². The highest BCUT2D eigenvalue weighted by Crippen LogP contribution is 2.31. The quantitative estimate of drug-likeness (QED) is 0.311. The second-order valence-electron chi connectivity index (χ2n) is 7.27. The summed E-state index contributed by atoms with van der Waals surface area (Å²) in [6, 6.07) is 6.07. The van der Waals surface area contributed by atoms with Crippen LogP contribution in [0.1, 0.15) is 45.0 Å². The van der Waals surface area contributed by atoms with Crippen molar-refractivity contribution in [3.63, 3.8) is 0 Å². The Labute approximate surface area is 190 Å². The Kier molecular flexibility index (Phi) is 8.92. The van der Waals surface area contributed by atoms with Crippen LogP contribution in [0.15, 0.2) is 24.3 Å². The van der Waals surface area contributed by atoms with Crippen LogP contribution in [-0.4, -0.2) is 67.0 Å². The zero-order chi connectivity index (χ0) is 24.7. The van der Waals surface area contributed by atoms with Crippen molar-refractivity contribution >= 4 is 29.7 Å². The van der Waals surface area contributed by atoms with Gasteiger partial charge in [0.05, 0.1) is 0 Å². The lowest BCUT2D eigenvalue weighted by Crippen LogP contribution is -2.63. The van der Waals surface area contributed by atoms with Gasteiger partial charge in [0.1, 0.15) is 18.5 Å². The minimum Gasteiger partial charge on any atom is -0.463 e. The van der Waals surface area contributed by atoms with Crippen LogP contribution in [0.25, 0.3) is 0 Å². The number of hydrogen-bond acceptors (Lipinski definition) is 11. The zero-order valence-corrected chi connectivity index (χ0v) is 18.9. The zero-order valence-electron chi connectivity index (χ0n) is 18.9. The highest BCUT2D eigenvalue weighted by molar-refractivity contribution is 5.94. The molecule has 0 spiro atoms. The first-order valence-corrected chi connectivity index (χ1v) is 10.1. The summed E-state index contributed by atoms with van der Waals surface area (Å²) in [7, 11) is 0. The van der Waals surface area contributed by atoms with Crippen molar-refractivity contribution in [1.29, 1.82) is 0 Å². The first-order chi connectivity index (χ1) is 15.5. The Morgan fingerprint density at radius 1 is 0.727 bits per heavy atom. The van der Waals surface area contributed by atoms with Crippen molar-refractivity contribution in [2.45, 2.75) is 65.3 Å². The molecule has 1 aliphatic heterocycles. The number of benzene rings is 1. The maximum atomic E-state index is 11.8. The molecule has 11 nitrogen and oxygen atoms in total. The molecule has 0 N–H and O–H groups in total. The predicted octanol–water partition coefficient (Wildman–Crippen LogP) is 1.35. The van der Waals surface area contributed by atoms with Crippen LogP contribution in [0.2, 0.25) is 0 Å². The van der Waals surface area contributed by atoms with Gasteiger partial charge in [0, 0.05) is 33.3 Å². The molecule has 2 rings (SSSR count). The van der Waals surface area contributed by atoms with Crippen LogP contribution in [0.3, 0.4) is 0 Å². The highest BCUT2D eigenvalue weighted by Gasteiger charge is 2.53. The molecule has 1 fully saturated rings. The van der Waals surface area contributed by atoms with Crippen LogP contribution in [-0.2, 0) is 42.9 Å². The van der Waals surface area contributed by atoms with E-state index in [1.54, 1.807) is 0 Å². The Balaban J connectivity index is 2.43. The fourth-order valence-corrected chi connectivity index (χ4v) is 3.19. The van der Waals surface area contributed by atoms with Gasteiger partial charge in [-0.15, -0.1) is 0 Å². The van der Waals surface area contributed by atoms with Gasteiger partial charge >= 0.3 is 23.9 Å². The lowest BCUT2D eigenvalue weighted by Gasteiger charge is -2.43. The molecule has 33 heavy (non-hydrogen) atoms. The molecule has 11 heteroatoms. The van der Waals surface area contributed by atoms with E-state index in [2.05, 4.69) is 0 Å². The average Bonchev–Trinajstić information content (AvgIpc) is 2.70. The minimum absolute atomic E-state index is 0.145. The summed E-state index contributed by atoms with van der Waals surface area (Å²) in [5.74, 6) is -2.72. The van der Waals surface area contributed by atoms with Crippen LogP contribution in [0.5, 0.6) is 5.75 Å². The van der Waals surface area contributed by atoms with E-state index in [0.29, 0.717) is 5.56 Å². The van der Waals surface area contributed by atoms with E-state index in [1.165, 1.54) is 38.1 Å². The van der Waals surface area contributed by atoms with Gasteiger partial charge in [0.15, 0.2) is 18.0 Å². The maximum Gasteiger partial charge on any atom is 0.303 e. The van der Waals surface area contributed by atoms with E-state index in [-0.39, 0.29) is 18.1 Å². The molecule has 1 aliphatic rings. The number of carbonyl (C=O) groups excluding carboxylic acids is 5. The third-order valence-electron chi connectivity index (χ3n) is 4.46. The molecular formula is C22H26O11. The third-order valence-corrected chi connectivity index (χ3v) is 4.46.